The largest absolute Gasteiger partial charge is 0.493 e. The van der Waals surface area contributed by atoms with E-state index in [-0.39, 0.29) is 12.5 Å². The maximum absolute atomic E-state index is 12.1. The zero-order chi connectivity index (χ0) is 16.9. The predicted octanol–water partition coefficient (Wildman–Crippen LogP) is 2.58. The molecule has 0 unspecified atom stereocenters. The van der Waals surface area contributed by atoms with Gasteiger partial charge in [0.1, 0.15) is 0 Å². The van der Waals surface area contributed by atoms with Crippen molar-refractivity contribution in [2.45, 2.75) is 45.2 Å². The van der Waals surface area contributed by atoms with E-state index in [1.807, 2.05) is 23.1 Å². The monoisotopic (exact) mass is 332 g/mol. The fourth-order valence-electron chi connectivity index (χ4n) is 3.18. The standard InChI is InChI=1S/C19H28N2O3/c1-14(16-6-7-16)20-12-15-5-8-17(18(11-15)23-2)24-13-19(22)21-9-3-4-10-21/h5,8,11,14,16,20H,3-4,6-7,9-10,12-13H2,1-2H3/t14-/m1/s1. The average Bonchev–Trinajstić information content (AvgIpc) is 3.32. The lowest BCUT2D eigenvalue weighted by Crippen LogP contribution is -2.32. The van der Waals surface area contributed by atoms with Crippen LogP contribution in [-0.2, 0) is 11.3 Å². The minimum Gasteiger partial charge on any atom is -0.493 e. The Bertz CT molecular complexity index is 566. The zero-order valence-corrected chi connectivity index (χ0v) is 14.7. The van der Waals surface area contributed by atoms with Crippen LogP contribution >= 0.6 is 0 Å². The second-order valence-electron chi connectivity index (χ2n) is 6.87. The van der Waals surface area contributed by atoms with Crippen LogP contribution in [0.25, 0.3) is 0 Å². The maximum atomic E-state index is 12.1. The van der Waals surface area contributed by atoms with Crippen LogP contribution in [-0.4, -0.2) is 43.7 Å². The van der Waals surface area contributed by atoms with Crippen LogP contribution in [0.4, 0.5) is 0 Å². The number of nitrogens with zero attached hydrogens (tertiary/aromatic N) is 1. The molecule has 0 aromatic heterocycles. The Morgan fingerprint density at radius 2 is 2.04 bits per heavy atom. The molecule has 1 aliphatic carbocycles. The van der Waals surface area contributed by atoms with Crippen molar-refractivity contribution >= 4 is 5.91 Å². The van der Waals surface area contributed by atoms with Crippen LogP contribution in [0, 0.1) is 5.92 Å². The first-order chi connectivity index (χ1) is 11.7. The Morgan fingerprint density at radius 3 is 2.71 bits per heavy atom. The number of likely N-dealkylation sites (tertiary alicyclic amines) is 1. The lowest BCUT2D eigenvalue weighted by Gasteiger charge is -2.17. The van der Waals surface area contributed by atoms with Gasteiger partial charge < -0.3 is 19.7 Å². The Hall–Kier alpha value is -1.75. The molecule has 1 N–H and O–H groups in total. The number of hydrogen-bond acceptors (Lipinski definition) is 4. The molecule has 0 spiro atoms. The fraction of sp³-hybridized carbons (Fsp3) is 0.632. The minimum atomic E-state index is 0.0542. The molecule has 24 heavy (non-hydrogen) atoms. The third-order valence-electron chi connectivity index (χ3n) is 5.00. The normalized spacial score (nSPS) is 18.5. The van der Waals surface area contributed by atoms with Gasteiger partial charge in [0.15, 0.2) is 18.1 Å². The molecule has 1 aromatic carbocycles. The highest BCUT2D eigenvalue weighted by atomic mass is 16.5. The van der Waals surface area contributed by atoms with Crippen LogP contribution in [0.1, 0.15) is 38.2 Å². The number of nitrogens with one attached hydrogen (secondary N) is 1. The van der Waals surface area contributed by atoms with Crippen LogP contribution in [0.2, 0.25) is 0 Å². The first kappa shape index (κ1) is 17.1. The molecule has 1 atom stereocenters. The molecule has 0 bridgehead atoms. The molecule has 0 radical (unpaired) electrons. The highest BCUT2D eigenvalue weighted by molar-refractivity contribution is 5.78. The van der Waals surface area contributed by atoms with Crippen LogP contribution in [0.15, 0.2) is 18.2 Å². The molecule has 5 nitrogen and oxygen atoms in total. The Balaban J connectivity index is 1.53. The van der Waals surface area contributed by atoms with Crippen molar-refractivity contribution < 1.29 is 14.3 Å². The van der Waals surface area contributed by atoms with E-state index in [4.69, 9.17) is 9.47 Å². The van der Waals surface area contributed by atoms with Gasteiger partial charge >= 0.3 is 0 Å². The van der Waals surface area contributed by atoms with E-state index < -0.39 is 0 Å². The SMILES string of the molecule is COc1cc(CN[C@H](C)C2CC2)ccc1OCC(=O)N1CCCC1. The van der Waals surface area contributed by atoms with Gasteiger partial charge in [0.25, 0.3) is 5.91 Å². The highest BCUT2D eigenvalue weighted by Gasteiger charge is 2.27. The third kappa shape index (κ3) is 4.41. The molecule has 132 valence electrons. The average molecular weight is 332 g/mol. The molecule has 3 rings (SSSR count). The summed E-state index contributed by atoms with van der Waals surface area (Å²) in [6.07, 6.45) is 4.87. The van der Waals surface area contributed by atoms with Gasteiger partial charge in [-0.05, 0) is 56.2 Å². The van der Waals surface area contributed by atoms with Gasteiger partial charge in [0.2, 0.25) is 0 Å². The van der Waals surface area contributed by atoms with E-state index in [1.165, 1.54) is 12.8 Å². The van der Waals surface area contributed by atoms with E-state index in [0.717, 1.165) is 44.0 Å². The summed E-state index contributed by atoms with van der Waals surface area (Å²) in [7, 11) is 1.63. The Labute approximate surface area is 144 Å². The number of hydrogen-bond donors (Lipinski definition) is 1. The molecule has 1 saturated heterocycles. The number of benzene rings is 1. The van der Waals surface area contributed by atoms with Crippen molar-refractivity contribution in [2.75, 3.05) is 26.8 Å². The number of methoxy groups -OCH3 is 1. The van der Waals surface area contributed by atoms with E-state index in [2.05, 4.69) is 12.2 Å². The zero-order valence-electron chi connectivity index (χ0n) is 14.7. The Kier molecular flexibility index (Phi) is 5.61. The van der Waals surface area contributed by atoms with Crippen LogP contribution < -0.4 is 14.8 Å². The summed E-state index contributed by atoms with van der Waals surface area (Å²) in [5.41, 5.74) is 1.16. The minimum absolute atomic E-state index is 0.0542. The molecular weight excluding hydrogens is 304 g/mol. The second-order valence-corrected chi connectivity index (χ2v) is 6.87. The Morgan fingerprint density at radius 1 is 1.29 bits per heavy atom. The molecule has 1 heterocycles. The quantitative estimate of drug-likeness (QED) is 0.795. The summed E-state index contributed by atoms with van der Waals surface area (Å²) in [4.78, 5) is 13.9. The smallest absolute Gasteiger partial charge is 0.260 e. The van der Waals surface area contributed by atoms with Gasteiger partial charge in [-0.1, -0.05) is 6.07 Å². The van der Waals surface area contributed by atoms with E-state index in [0.29, 0.717) is 17.5 Å². The van der Waals surface area contributed by atoms with Gasteiger partial charge in [-0.25, -0.2) is 0 Å². The molecular formula is C19H28N2O3. The van der Waals surface area contributed by atoms with E-state index in [1.54, 1.807) is 7.11 Å². The van der Waals surface area contributed by atoms with Crippen LogP contribution in [0.5, 0.6) is 11.5 Å². The summed E-state index contributed by atoms with van der Waals surface area (Å²) in [5.74, 6) is 2.20. The number of ether oxygens (including phenoxy) is 2. The van der Waals surface area contributed by atoms with Crippen molar-refractivity contribution in [1.82, 2.24) is 10.2 Å². The topological polar surface area (TPSA) is 50.8 Å². The first-order valence-electron chi connectivity index (χ1n) is 8.98. The van der Waals surface area contributed by atoms with Gasteiger partial charge in [0, 0.05) is 25.7 Å². The van der Waals surface area contributed by atoms with Crippen molar-refractivity contribution in [3.63, 3.8) is 0 Å². The highest BCUT2D eigenvalue weighted by Crippen LogP contribution is 2.33. The predicted molar refractivity (Wildman–Crippen MR) is 93.3 cm³/mol. The van der Waals surface area contributed by atoms with Crippen molar-refractivity contribution in [2.24, 2.45) is 5.92 Å². The fourth-order valence-corrected chi connectivity index (χ4v) is 3.18. The van der Waals surface area contributed by atoms with Gasteiger partial charge in [-0.3, -0.25) is 4.79 Å². The molecule has 1 aromatic rings. The van der Waals surface area contributed by atoms with Crippen molar-refractivity contribution in [3.8, 4) is 11.5 Å². The summed E-state index contributed by atoms with van der Waals surface area (Å²) in [6, 6.07) is 6.48. The van der Waals surface area contributed by atoms with E-state index in [9.17, 15) is 4.79 Å². The third-order valence-corrected chi connectivity index (χ3v) is 5.00. The number of amides is 1. The number of carbonyl (C=O) groups is 1. The second kappa shape index (κ2) is 7.88. The number of carbonyl (C=O) groups excluding carboxylic acids is 1. The molecule has 1 saturated carbocycles. The van der Waals surface area contributed by atoms with Gasteiger partial charge in [-0.2, -0.15) is 0 Å². The van der Waals surface area contributed by atoms with Crippen LogP contribution in [0.3, 0.4) is 0 Å². The molecule has 1 amide bonds. The van der Waals surface area contributed by atoms with Crippen molar-refractivity contribution in [1.29, 1.82) is 0 Å². The summed E-state index contributed by atoms with van der Waals surface area (Å²) < 4.78 is 11.1. The van der Waals surface area contributed by atoms with Crippen molar-refractivity contribution in [3.05, 3.63) is 23.8 Å². The lowest BCUT2D eigenvalue weighted by molar-refractivity contribution is -0.132. The summed E-state index contributed by atoms with van der Waals surface area (Å²) >= 11 is 0. The summed E-state index contributed by atoms with van der Waals surface area (Å²) in [6.45, 7) is 4.84. The van der Waals surface area contributed by atoms with Gasteiger partial charge in [0.05, 0.1) is 7.11 Å². The maximum Gasteiger partial charge on any atom is 0.260 e. The first-order valence-corrected chi connectivity index (χ1v) is 8.98. The van der Waals surface area contributed by atoms with Gasteiger partial charge in [-0.15, -0.1) is 0 Å². The molecule has 2 fully saturated rings. The lowest BCUT2D eigenvalue weighted by atomic mass is 10.1. The summed E-state index contributed by atoms with van der Waals surface area (Å²) in [5, 5.41) is 3.56. The molecule has 1 aliphatic heterocycles. The van der Waals surface area contributed by atoms with E-state index >= 15 is 0 Å². The molecule has 5 heteroatoms. The molecule has 2 aliphatic rings. The number of rotatable bonds is 8.